The molecule has 184 valence electrons. The van der Waals surface area contributed by atoms with Crippen molar-refractivity contribution in [3.8, 4) is 11.5 Å². The predicted octanol–water partition coefficient (Wildman–Crippen LogP) is 5.26. The molecule has 8 nitrogen and oxygen atoms in total. The minimum Gasteiger partial charge on any atom is -0.493 e. The van der Waals surface area contributed by atoms with Crippen LogP contribution in [0.2, 0.25) is 10.0 Å². The predicted molar refractivity (Wildman–Crippen MR) is 134 cm³/mol. The van der Waals surface area contributed by atoms with Crippen molar-refractivity contribution in [1.82, 2.24) is 5.32 Å². The van der Waals surface area contributed by atoms with Gasteiger partial charge in [0.05, 0.1) is 17.8 Å². The van der Waals surface area contributed by atoms with Crippen molar-refractivity contribution in [3.05, 3.63) is 87.8 Å². The Bertz CT molecular complexity index is 1380. The smallest absolute Gasteiger partial charge is 0.333 e. The van der Waals surface area contributed by atoms with E-state index in [-0.39, 0.29) is 22.2 Å². The van der Waals surface area contributed by atoms with Crippen molar-refractivity contribution < 1.29 is 28.2 Å². The molecule has 0 bridgehead atoms. The molecule has 0 unspecified atom stereocenters. The third kappa shape index (κ3) is 5.59. The SMILES string of the molecule is COc1cc(/C=C2/NC(=O)N(c3cccc(Cl)c3)C2=O)cc(Cl)c1OCC(=O)Nc1ccc(F)cc1. The maximum Gasteiger partial charge on any atom is 0.333 e. The molecule has 0 spiro atoms. The standard InChI is InChI=1S/C25H18Cl2FN3O5/c1-35-21-11-14(10-20-24(33)31(25(34)30-20)18-4-2-3-15(26)12-18)9-19(27)23(21)36-13-22(32)29-17-7-5-16(28)6-8-17/h2-12H,13H2,1H3,(H,29,32)(H,30,34)/b20-10+. The van der Waals surface area contributed by atoms with Crippen LogP contribution < -0.4 is 25.0 Å². The number of carbonyl (C=O) groups excluding carboxylic acids is 3. The fraction of sp³-hybridized carbons (Fsp3) is 0.0800. The highest BCUT2D eigenvalue weighted by atomic mass is 35.5. The molecule has 0 aromatic heterocycles. The van der Waals surface area contributed by atoms with Crippen LogP contribution in [0.1, 0.15) is 5.56 Å². The Morgan fingerprint density at radius 2 is 1.86 bits per heavy atom. The van der Waals surface area contributed by atoms with E-state index in [2.05, 4.69) is 10.6 Å². The molecule has 1 fully saturated rings. The molecule has 1 aliphatic heterocycles. The number of carbonyl (C=O) groups is 3. The van der Waals surface area contributed by atoms with Gasteiger partial charge in [-0.25, -0.2) is 14.1 Å². The largest absolute Gasteiger partial charge is 0.493 e. The fourth-order valence-corrected chi connectivity index (χ4v) is 3.84. The van der Waals surface area contributed by atoms with Crippen molar-refractivity contribution in [2.24, 2.45) is 0 Å². The highest BCUT2D eigenvalue weighted by Gasteiger charge is 2.35. The van der Waals surface area contributed by atoms with Gasteiger partial charge in [-0.05, 0) is 66.2 Å². The number of anilines is 2. The molecular weight excluding hydrogens is 512 g/mol. The lowest BCUT2D eigenvalue weighted by molar-refractivity contribution is -0.118. The summed E-state index contributed by atoms with van der Waals surface area (Å²) in [6.07, 6.45) is 1.43. The summed E-state index contributed by atoms with van der Waals surface area (Å²) < 4.78 is 23.9. The zero-order chi connectivity index (χ0) is 25.8. The Morgan fingerprint density at radius 1 is 1.11 bits per heavy atom. The molecule has 0 atom stereocenters. The number of hydrogen-bond donors (Lipinski definition) is 2. The number of imide groups is 1. The molecule has 36 heavy (non-hydrogen) atoms. The number of benzene rings is 3. The Labute approximate surface area is 215 Å². The minimum atomic E-state index is -0.626. The summed E-state index contributed by atoms with van der Waals surface area (Å²) in [5, 5.41) is 5.58. The first-order valence-corrected chi connectivity index (χ1v) is 11.2. The third-order valence-electron chi connectivity index (χ3n) is 4.98. The molecule has 0 aliphatic carbocycles. The average molecular weight is 530 g/mol. The molecule has 3 aromatic carbocycles. The van der Waals surface area contributed by atoms with Gasteiger partial charge in [0.2, 0.25) is 0 Å². The van der Waals surface area contributed by atoms with Gasteiger partial charge in [-0.15, -0.1) is 0 Å². The van der Waals surface area contributed by atoms with Gasteiger partial charge in [0, 0.05) is 10.7 Å². The number of nitrogens with one attached hydrogen (secondary N) is 2. The molecule has 1 heterocycles. The van der Waals surface area contributed by atoms with E-state index in [9.17, 15) is 18.8 Å². The van der Waals surface area contributed by atoms with E-state index in [1.165, 1.54) is 55.7 Å². The number of amides is 4. The van der Waals surface area contributed by atoms with E-state index in [0.29, 0.717) is 22.0 Å². The van der Waals surface area contributed by atoms with Gasteiger partial charge in [-0.3, -0.25) is 9.59 Å². The van der Waals surface area contributed by atoms with Crippen LogP contribution in [0.4, 0.5) is 20.6 Å². The van der Waals surface area contributed by atoms with E-state index >= 15 is 0 Å². The minimum absolute atomic E-state index is 0.0189. The summed E-state index contributed by atoms with van der Waals surface area (Å²) in [6.45, 7) is -0.392. The Hall–Kier alpha value is -4.08. The van der Waals surface area contributed by atoms with Crippen molar-refractivity contribution in [3.63, 3.8) is 0 Å². The first kappa shape index (κ1) is 25.0. The van der Waals surface area contributed by atoms with E-state index in [0.717, 1.165) is 4.90 Å². The monoisotopic (exact) mass is 529 g/mol. The summed E-state index contributed by atoms with van der Waals surface area (Å²) in [5.74, 6) is -1.18. The van der Waals surface area contributed by atoms with E-state index in [1.807, 2.05) is 0 Å². The number of ether oxygens (including phenoxy) is 2. The zero-order valence-electron chi connectivity index (χ0n) is 18.7. The molecular formula is C25H18Cl2FN3O5. The molecule has 3 aromatic rings. The number of halogens is 3. The summed E-state index contributed by atoms with van der Waals surface area (Å²) in [6, 6.07) is 14.0. The first-order chi connectivity index (χ1) is 17.2. The normalized spacial score (nSPS) is 14.1. The molecule has 4 amide bonds. The molecule has 11 heteroatoms. The summed E-state index contributed by atoms with van der Waals surface area (Å²) in [7, 11) is 1.39. The number of hydrogen-bond acceptors (Lipinski definition) is 5. The zero-order valence-corrected chi connectivity index (χ0v) is 20.2. The number of nitrogens with zero attached hydrogens (tertiary/aromatic N) is 1. The van der Waals surface area contributed by atoms with Crippen LogP contribution in [-0.2, 0) is 9.59 Å². The molecule has 4 rings (SSSR count). The molecule has 0 radical (unpaired) electrons. The highest BCUT2D eigenvalue weighted by molar-refractivity contribution is 6.33. The second-order valence-corrected chi connectivity index (χ2v) is 8.33. The summed E-state index contributed by atoms with van der Waals surface area (Å²) in [4.78, 5) is 38.4. The lowest BCUT2D eigenvalue weighted by atomic mass is 10.1. The van der Waals surface area contributed by atoms with E-state index in [4.69, 9.17) is 32.7 Å². The van der Waals surface area contributed by atoms with Crippen LogP contribution >= 0.6 is 23.2 Å². The van der Waals surface area contributed by atoms with Gasteiger partial charge in [-0.1, -0.05) is 29.3 Å². The maximum atomic E-state index is 13.0. The Kier molecular flexibility index (Phi) is 7.42. The van der Waals surface area contributed by atoms with Gasteiger partial charge in [0.1, 0.15) is 11.5 Å². The Balaban J connectivity index is 1.50. The van der Waals surface area contributed by atoms with Crippen molar-refractivity contribution in [2.75, 3.05) is 23.9 Å². The van der Waals surface area contributed by atoms with E-state index in [1.54, 1.807) is 18.2 Å². The van der Waals surface area contributed by atoms with Gasteiger partial charge in [0.25, 0.3) is 11.8 Å². The second kappa shape index (κ2) is 10.7. The number of urea groups is 1. The van der Waals surface area contributed by atoms with Gasteiger partial charge >= 0.3 is 6.03 Å². The number of methoxy groups -OCH3 is 1. The van der Waals surface area contributed by atoms with Crippen LogP contribution in [0.25, 0.3) is 6.08 Å². The van der Waals surface area contributed by atoms with Crippen LogP contribution in [0, 0.1) is 5.82 Å². The van der Waals surface area contributed by atoms with Gasteiger partial charge < -0.3 is 20.1 Å². The summed E-state index contributed by atoms with van der Waals surface area (Å²) in [5.41, 5.74) is 1.19. The molecule has 1 saturated heterocycles. The van der Waals surface area contributed by atoms with Crippen LogP contribution in [0.15, 0.2) is 66.4 Å². The van der Waals surface area contributed by atoms with Crippen molar-refractivity contribution in [2.45, 2.75) is 0 Å². The molecule has 0 saturated carbocycles. The maximum absolute atomic E-state index is 13.0. The molecule has 1 aliphatic rings. The van der Waals surface area contributed by atoms with Crippen molar-refractivity contribution in [1.29, 1.82) is 0 Å². The second-order valence-electron chi connectivity index (χ2n) is 7.49. The Morgan fingerprint density at radius 3 is 2.56 bits per heavy atom. The third-order valence-corrected chi connectivity index (χ3v) is 5.50. The van der Waals surface area contributed by atoms with Crippen LogP contribution in [0.5, 0.6) is 11.5 Å². The fourth-order valence-electron chi connectivity index (χ4n) is 3.38. The average Bonchev–Trinajstić information content (AvgIpc) is 3.12. The summed E-state index contributed by atoms with van der Waals surface area (Å²) >= 11 is 12.3. The first-order valence-electron chi connectivity index (χ1n) is 10.4. The van der Waals surface area contributed by atoms with Crippen molar-refractivity contribution >= 4 is 58.5 Å². The number of rotatable bonds is 7. The van der Waals surface area contributed by atoms with Crippen LogP contribution in [-0.4, -0.2) is 31.6 Å². The molecule has 2 N–H and O–H groups in total. The van der Waals surface area contributed by atoms with Gasteiger partial charge in [-0.2, -0.15) is 0 Å². The van der Waals surface area contributed by atoms with Gasteiger partial charge in [0.15, 0.2) is 18.1 Å². The topological polar surface area (TPSA) is 97.0 Å². The quantitative estimate of drug-likeness (QED) is 0.321. The highest BCUT2D eigenvalue weighted by Crippen LogP contribution is 2.37. The lowest BCUT2D eigenvalue weighted by Crippen LogP contribution is -2.30. The van der Waals surface area contributed by atoms with E-state index < -0.39 is 30.3 Å². The lowest BCUT2D eigenvalue weighted by Gasteiger charge is -2.14. The van der Waals surface area contributed by atoms with Crippen LogP contribution in [0.3, 0.4) is 0 Å².